The standard InChI is InChI=1S/C22H21ClO7/c1-26-18-10-13(11-19(27-2)22(18)28-3)9-17-21(25)15-7-6-14(12-16(15)30-17)29-20(24)5-4-8-23/h6-7,9-12H,4-5,8H2,1-3H3. The molecule has 1 heterocycles. The topological polar surface area (TPSA) is 80.3 Å². The number of benzene rings is 2. The van der Waals surface area contributed by atoms with Crippen molar-refractivity contribution in [1.29, 1.82) is 0 Å². The van der Waals surface area contributed by atoms with Gasteiger partial charge in [0.05, 0.1) is 26.9 Å². The third-order valence-electron chi connectivity index (χ3n) is 4.37. The molecule has 0 aromatic heterocycles. The molecular formula is C22H21ClO7. The normalized spacial score (nSPS) is 13.6. The van der Waals surface area contributed by atoms with Gasteiger partial charge in [0, 0.05) is 18.4 Å². The van der Waals surface area contributed by atoms with Gasteiger partial charge in [-0.2, -0.15) is 0 Å². The number of esters is 1. The summed E-state index contributed by atoms with van der Waals surface area (Å²) in [6.07, 6.45) is 2.33. The zero-order valence-electron chi connectivity index (χ0n) is 16.8. The highest BCUT2D eigenvalue weighted by Crippen LogP contribution is 2.40. The van der Waals surface area contributed by atoms with Gasteiger partial charge in [0.1, 0.15) is 11.5 Å². The van der Waals surface area contributed by atoms with E-state index in [2.05, 4.69) is 0 Å². The maximum absolute atomic E-state index is 12.7. The first-order valence-corrected chi connectivity index (χ1v) is 9.69. The van der Waals surface area contributed by atoms with E-state index in [1.807, 2.05) is 0 Å². The SMILES string of the molecule is COc1cc(C=C2Oc3cc(OC(=O)CCCCl)ccc3C2=O)cc(OC)c1OC. The van der Waals surface area contributed by atoms with Crippen molar-refractivity contribution in [2.45, 2.75) is 12.8 Å². The van der Waals surface area contributed by atoms with Gasteiger partial charge in [-0.05, 0) is 42.3 Å². The lowest BCUT2D eigenvalue weighted by Gasteiger charge is -2.13. The lowest BCUT2D eigenvalue weighted by Crippen LogP contribution is -2.07. The Morgan fingerprint density at radius 1 is 1.07 bits per heavy atom. The molecule has 1 aliphatic rings. The van der Waals surface area contributed by atoms with Gasteiger partial charge in [0.25, 0.3) is 0 Å². The van der Waals surface area contributed by atoms with Gasteiger partial charge in [-0.1, -0.05) is 0 Å². The fraction of sp³-hybridized carbons (Fsp3) is 0.273. The summed E-state index contributed by atoms with van der Waals surface area (Å²) in [5.74, 6) is 1.82. The fourth-order valence-electron chi connectivity index (χ4n) is 2.96. The van der Waals surface area contributed by atoms with Crippen LogP contribution in [0.15, 0.2) is 36.1 Å². The summed E-state index contributed by atoms with van der Waals surface area (Å²) in [7, 11) is 4.54. The number of Topliss-reactive ketones (excluding diaryl/α,β-unsaturated/α-hetero) is 1. The molecule has 2 aromatic carbocycles. The van der Waals surface area contributed by atoms with Gasteiger partial charge in [-0.3, -0.25) is 9.59 Å². The lowest BCUT2D eigenvalue weighted by atomic mass is 10.1. The molecular weight excluding hydrogens is 412 g/mol. The zero-order chi connectivity index (χ0) is 21.7. The van der Waals surface area contributed by atoms with Crippen LogP contribution in [0.3, 0.4) is 0 Å². The van der Waals surface area contributed by atoms with E-state index in [1.54, 1.807) is 30.3 Å². The monoisotopic (exact) mass is 432 g/mol. The molecule has 0 amide bonds. The Hall–Kier alpha value is -3.19. The van der Waals surface area contributed by atoms with E-state index in [9.17, 15) is 9.59 Å². The molecule has 0 atom stereocenters. The Balaban J connectivity index is 1.85. The molecule has 1 aliphatic heterocycles. The molecule has 8 heteroatoms. The minimum atomic E-state index is -0.395. The van der Waals surface area contributed by atoms with E-state index in [1.165, 1.54) is 27.4 Å². The van der Waals surface area contributed by atoms with Gasteiger partial charge >= 0.3 is 5.97 Å². The third-order valence-corrected chi connectivity index (χ3v) is 4.64. The molecule has 3 rings (SSSR count). The number of allylic oxidation sites excluding steroid dienone is 1. The van der Waals surface area contributed by atoms with Crippen LogP contribution in [0, 0.1) is 0 Å². The molecule has 0 radical (unpaired) electrons. The van der Waals surface area contributed by atoms with Crippen LogP contribution in [-0.2, 0) is 4.79 Å². The molecule has 158 valence electrons. The Bertz CT molecular complexity index is 972. The number of hydrogen-bond acceptors (Lipinski definition) is 7. The molecule has 30 heavy (non-hydrogen) atoms. The Morgan fingerprint density at radius 2 is 1.77 bits per heavy atom. The summed E-state index contributed by atoms with van der Waals surface area (Å²) in [4.78, 5) is 24.5. The molecule has 0 saturated heterocycles. The number of methoxy groups -OCH3 is 3. The van der Waals surface area contributed by atoms with Crippen LogP contribution >= 0.6 is 11.6 Å². The van der Waals surface area contributed by atoms with Crippen LogP contribution in [-0.4, -0.2) is 39.0 Å². The van der Waals surface area contributed by atoms with Crippen LogP contribution in [0.1, 0.15) is 28.8 Å². The molecule has 0 spiro atoms. The number of carbonyl (C=O) groups excluding carboxylic acids is 2. The van der Waals surface area contributed by atoms with Crippen molar-refractivity contribution >= 4 is 29.4 Å². The molecule has 0 saturated carbocycles. The first-order chi connectivity index (χ1) is 14.5. The van der Waals surface area contributed by atoms with Gasteiger partial charge in [0.2, 0.25) is 11.5 Å². The molecule has 0 bridgehead atoms. The van der Waals surface area contributed by atoms with Crippen LogP contribution in [0.5, 0.6) is 28.7 Å². The Morgan fingerprint density at radius 3 is 2.37 bits per heavy atom. The molecule has 2 aromatic rings. The number of ketones is 1. The summed E-state index contributed by atoms with van der Waals surface area (Å²) in [5, 5.41) is 0. The maximum Gasteiger partial charge on any atom is 0.311 e. The van der Waals surface area contributed by atoms with Crippen molar-refractivity contribution < 1.29 is 33.3 Å². The average molecular weight is 433 g/mol. The minimum Gasteiger partial charge on any atom is -0.493 e. The highest BCUT2D eigenvalue weighted by atomic mass is 35.5. The van der Waals surface area contributed by atoms with Crippen LogP contribution in [0.4, 0.5) is 0 Å². The van der Waals surface area contributed by atoms with Crippen molar-refractivity contribution in [3.05, 3.63) is 47.2 Å². The zero-order valence-corrected chi connectivity index (χ0v) is 17.6. The van der Waals surface area contributed by atoms with Crippen molar-refractivity contribution in [3.8, 4) is 28.7 Å². The first kappa shape index (κ1) is 21.5. The number of hydrogen-bond donors (Lipinski definition) is 0. The second-order valence-electron chi connectivity index (χ2n) is 6.32. The van der Waals surface area contributed by atoms with E-state index >= 15 is 0 Å². The minimum absolute atomic E-state index is 0.130. The maximum atomic E-state index is 12.7. The van der Waals surface area contributed by atoms with Gasteiger partial charge < -0.3 is 23.7 Å². The van der Waals surface area contributed by atoms with Crippen molar-refractivity contribution in [2.24, 2.45) is 0 Å². The number of ether oxygens (including phenoxy) is 5. The highest BCUT2D eigenvalue weighted by molar-refractivity contribution is 6.18. The predicted molar refractivity (Wildman–Crippen MR) is 111 cm³/mol. The lowest BCUT2D eigenvalue weighted by molar-refractivity contribution is -0.134. The average Bonchev–Trinajstić information content (AvgIpc) is 3.05. The predicted octanol–water partition coefficient (Wildman–Crippen LogP) is 4.25. The fourth-order valence-corrected chi connectivity index (χ4v) is 3.09. The molecule has 0 fully saturated rings. The second-order valence-corrected chi connectivity index (χ2v) is 6.70. The third kappa shape index (κ3) is 4.52. The van der Waals surface area contributed by atoms with Gasteiger partial charge in [0.15, 0.2) is 17.3 Å². The van der Waals surface area contributed by atoms with Crippen LogP contribution in [0.2, 0.25) is 0 Å². The number of fused-ring (bicyclic) bond motifs is 1. The number of alkyl halides is 1. The van der Waals surface area contributed by atoms with Crippen LogP contribution < -0.4 is 23.7 Å². The summed E-state index contributed by atoms with van der Waals surface area (Å²) in [6, 6.07) is 8.05. The Kier molecular flexibility index (Phi) is 6.84. The summed E-state index contributed by atoms with van der Waals surface area (Å²) >= 11 is 5.58. The van der Waals surface area contributed by atoms with Gasteiger partial charge in [-0.25, -0.2) is 0 Å². The quantitative estimate of drug-likeness (QED) is 0.267. The smallest absolute Gasteiger partial charge is 0.311 e. The number of rotatable bonds is 8. The van der Waals surface area contributed by atoms with E-state index in [0.29, 0.717) is 52.2 Å². The van der Waals surface area contributed by atoms with E-state index in [4.69, 9.17) is 35.3 Å². The summed E-state index contributed by atoms with van der Waals surface area (Å²) in [5.41, 5.74) is 1.02. The van der Waals surface area contributed by atoms with E-state index < -0.39 is 5.97 Å². The van der Waals surface area contributed by atoms with E-state index in [0.717, 1.165) is 0 Å². The van der Waals surface area contributed by atoms with Crippen molar-refractivity contribution in [1.82, 2.24) is 0 Å². The highest BCUT2D eigenvalue weighted by Gasteiger charge is 2.28. The largest absolute Gasteiger partial charge is 0.493 e. The van der Waals surface area contributed by atoms with Gasteiger partial charge in [-0.15, -0.1) is 11.6 Å². The molecule has 0 unspecified atom stereocenters. The first-order valence-electron chi connectivity index (χ1n) is 9.15. The summed E-state index contributed by atoms with van der Waals surface area (Å²) < 4.78 is 27.0. The molecule has 0 N–H and O–H groups in total. The molecule has 0 aliphatic carbocycles. The molecule has 7 nitrogen and oxygen atoms in total. The number of carbonyl (C=O) groups is 2. The summed E-state index contributed by atoms with van der Waals surface area (Å²) in [6.45, 7) is 0. The van der Waals surface area contributed by atoms with E-state index in [-0.39, 0.29) is 18.0 Å². The van der Waals surface area contributed by atoms with Crippen molar-refractivity contribution in [2.75, 3.05) is 27.2 Å². The second kappa shape index (κ2) is 9.54. The van der Waals surface area contributed by atoms with Crippen molar-refractivity contribution in [3.63, 3.8) is 0 Å². The Labute approximate surface area is 179 Å². The van der Waals surface area contributed by atoms with Crippen LogP contribution in [0.25, 0.3) is 6.08 Å². The number of halogens is 1.